The maximum absolute atomic E-state index is 11.4. The van der Waals surface area contributed by atoms with Crippen LogP contribution in [0.3, 0.4) is 0 Å². The average Bonchev–Trinajstić information content (AvgIpc) is 3.48. The van der Waals surface area contributed by atoms with Crippen molar-refractivity contribution in [3.05, 3.63) is 114 Å². The summed E-state index contributed by atoms with van der Waals surface area (Å²) in [6.07, 6.45) is 4.64. The fourth-order valence-corrected chi connectivity index (χ4v) is 5.10. The van der Waals surface area contributed by atoms with Gasteiger partial charge < -0.3 is 24.5 Å². The van der Waals surface area contributed by atoms with Gasteiger partial charge in [0.1, 0.15) is 10.8 Å². The zero-order chi connectivity index (χ0) is 28.8. The molecule has 0 aliphatic carbocycles. The van der Waals surface area contributed by atoms with E-state index in [4.69, 9.17) is 9.72 Å². The molecule has 0 saturated heterocycles. The van der Waals surface area contributed by atoms with E-state index in [0.29, 0.717) is 23.6 Å². The third-order valence-corrected chi connectivity index (χ3v) is 7.24. The summed E-state index contributed by atoms with van der Waals surface area (Å²) in [5, 5.41) is 23.5. The van der Waals surface area contributed by atoms with E-state index >= 15 is 0 Å². The Labute approximate surface area is 296 Å². The molecule has 4 aromatic heterocycles. The summed E-state index contributed by atoms with van der Waals surface area (Å²) in [4.78, 5) is 43.7. The number of rotatable bonds is 11. The minimum absolute atomic E-state index is 0. The second-order valence-corrected chi connectivity index (χ2v) is 10.1. The van der Waals surface area contributed by atoms with Crippen LogP contribution < -0.4 is 74.1 Å². The van der Waals surface area contributed by atoms with Crippen molar-refractivity contribution in [1.82, 2.24) is 24.8 Å². The van der Waals surface area contributed by atoms with Crippen molar-refractivity contribution in [2.75, 3.05) is 7.11 Å². The van der Waals surface area contributed by atoms with E-state index in [1.807, 2.05) is 53.6 Å². The van der Waals surface area contributed by atoms with Crippen molar-refractivity contribution in [1.29, 1.82) is 0 Å². The maximum Gasteiger partial charge on any atom is 1.00 e. The zero-order valence-corrected chi connectivity index (χ0v) is 28.7. The number of thiazole rings is 1. The smallest absolute Gasteiger partial charge is 0.545 e. The minimum atomic E-state index is -1.30. The number of aromatic carboxylic acids is 2. The number of methoxy groups -OCH3 is 1. The summed E-state index contributed by atoms with van der Waals surface area (Å²) in [6.45, 7) is 0.852. The molecule has 13 heteroatoms. The molecule has 1 aromatic carbocycles. The van der Waals surface area contributed by atoms with Crippen LogP contribution in [0.2, 0.25) is 0 Å². The molecule has 0 bridgehead atoms. The Hall–Kier alpha value is -3.00. The minimum Gasteiger partial charge on any atom is -0.545 e. The quantitative estimate of drug-likeness (QED) is 0.139. The van der Waals surface area contributed by atoms with Crippen molar-refractivity contribution in [3.8, 4) is 26.9 Å². The van der Waals surface area contributed by atoms with Gasteiger partial charge >= 0.3 is 59.1 Å². The first-order valence-electron chi connectivity index (χ1n) is 12.5. The predicted octanol–water partition coefficient (Wildman–Crippen LogP) is -3.39. The van der Waals surface area contributed by atoms with Gasteiger partial charge in [0.2, 0.25) is 0 Å². The number of carboxylic acids is 2. The standard InChI is InChI=1S/C30H25N5O5S.2Na/c1-40-25-7-5-19(6-8-25)27-15-33-28(41-27)26-4-2-3-22(34-26)16-35(17-23-13-20(29(36)37)9-11-31-23)18-24-14-21(30(38)39)10-12-32-24;;/h2-15H,16-18H2,1H3,(H,36,37)(H,38,39);;/q;2*+1/p-2. The van der Waals surface area contributed by atoms with Crippen molar-refractivity contribution in [2.24, 2.45) is 0 Å². The molecule has 0 saturated carbocycles. The molecule has 5 aromatic rings. The fraction of sp³-hybridized carbons (Fsp3) is 0.133. The number of aromatic nitrogens is 4. The van der Waals surface area contributed by atoms with E-state index in [2.05, 4.69) is 15.0 Å². The van der Waals surface area contributed by atoms with Gasteiger partial charge in [-0.15, -0.1) is 11.3 Å². The van der Waals surface area contributed by atoms with Gasteiger partial charge in [0.15, 0.2) is 0 Å². The number of carbonyl (C=O) groups excluding carboxylic acids is 2. The molecule has 0 N–H and O–H groups in total. The number of nitrogens with zero attached hydrogens (tertiary/aromatic N) is 5. The third kappa shape index (κ3) is 9.24. The van der Waals surface area contributed by atoms with Crippen molar-refractivity contribution >= 4 is 23.3 Å². The van der Waals surface area contributed by atoms with Gasteiger partial charge in [-0.3, -0.25) is 14.9 Å². The van der Waals surface area contributed by atoms with Gasteiger partial charge in [-0.05, 0) is 66.2 Å². The number of benzene rings is 1. The first kappa shape index (κ1) is 34.5. The van der Waals surface area contributed by atoms with E-state index < -0.39 is 11.9 Å². The van der Waals surface area contributed by atoms with Crippen LogP contribution in [0, 0.1) is 0 Å². The van der Waals surface area contributed by atoms with Crippen LogP contribution in [0.4, 0.5) is 0 Å². The second kappa shape index (κ2) is 16.2. The molecule has 0 aliphatic heterocycles. The number of hydrogen-bond donors (Lipinski definition) is 0. The van der Waals surface area contributed by atoms with Gasteiger partial charge in [0.05, 0.1) is 46.7 Å². The van der Waals surface area contributed by atoms with Crippen molar-refractivity contribution < 1.29 is 83.7 Å². The number of carboxylic acid groups (broad SMARTS) is 2. The SMILES string of the molecule is COc1ccc(-c2cnc(-c3cccc(CN(Cc4cc(C(=O)[O-])ccn4)Cc4cc(C(=O)[O-])ccn4)n3)s2)cc1.[Na+].[Na+]. The fourth-order valence-electron chi connectivity index (χ4n) is 4.21. The summed E-state index contributed by atoms with van der Waals surface area (Å²) in [6, 6.07) is 19.1. The van der Waals surface area contributed by atoms with E-state index in [-0.39, 0.29) is 83.3 Å². The van der Waals surface area contributed by atoms with Crippen molar-refractivity contribution in [2.45, 2.75) is 19.6 Å². The molecule has 43 heavy (non-hydrogen) atoms. The van der Waals surface area contributed by atoms with Crippen LogP contribution in [0.5, 0.6) is 5.75 Å². The number of pyridine rings is 3. The van der Waals surface area contributed by atoms with E-state index in [1.54, 1.807) is 7.11 Å². The average molecular weight is 612 g/mol. The molecule has 206 valence electrons. The molecule has 0 atom stereocenters. The molecule has 4 heterocycles. The zero-order valence-electron chi connectivity index (χ0n) is 23.9. The van der Waals surface area contributed by atoms with Crippen LogP contribution in [0.25, 0.3) is 21.1 Å². The van der Waals surface area contributed by atoms with E-state index in [9.17, 15) is 19.8 Å². The van der Waals surface area contributed by atoms with Gasteiger partial charge in [-0.2, -0.15) is 0 Å². The largest absolute Gasteiger partial charge is 1.00 e. The second-order valence-electron chi connectivity index (χ2n) is 9.06. The molecule has 5 rings (SSSR count). The monoisotopic (exact) mass is 611 g/mol. The first-order valence-corrected chi connectivity index (χ1v) is 13.3. The molecular weight excluding hydrogens is 588 g/mol. The normalized spacial score (nSPS) is 10.5. The Balaban J connectivity index is 0.00000253. The van der Waals surface area contributed by atoms with Crippen LogP contribution >= 0.6 is 11.3 Å². The van der Waals surface area contributed by atoms with Gasteiger partial charge in [-0.25, -0.2) is 9.97 Å². The summed E-state index contributed by atoms with van der Waals surface area (Å²) in [5.74, 6) is -1.81. The van der Waals surface area contributed by atoms with Crippen LogP contribution in [-0.4, -0.2) is 43.9 Å². The molecule has 0 spiro atoms. The van der Waals surface area contributed by atoms with Crippen LogP contribution in [-0.2, 0) is 19.6 Å². The Morgan fingerprint density at radius 2 is 1.37 bits per heavy atom. The third-order valence-electron chi connectivity index (χ3n) is 6.17. The van der Waals surface area contributed by atoms with E-state index in [0.717, 1.165) is 26.9 Å². The van der Waals surface area contributed by atoms with E-state index in [1.165, 1.54) is 48.0 Å². The Morgan fingerprint density at radius 3 is 1.93 bits per heavy atom. The molecule has 10 nitrogen and oxygen atoms in total. The van der Waals surface area contributed by atoms with Crippen LogP contribution in [0.1, 0.15) is 37.8 Å². The van der Waals surface area contributed by atoms with Crippen molar-refractivity contribution in [3.63, 3.8) is 0 Å². The summed E-state index contributed by atoms with van der Waals surface area (Å²) in [7, 11) is 1.63. The summed E-state index contributed by atoms with van der Waals surface area (Å²) in [5.41, 5.74) is 3.50. The molecule has 0 fully saturated rings. The van der Waals surface area contributed by atoms with Gasteiger partial charge in [-0.1, -0.05) is 6.07 Å². The molecule has 0 aliphatic rings. The Morgan fingerprint density at radius 1 is 0.791 bits per heavy atom. The molecule has 0 unspecified atom stereocenters. The number of hydrogen-bond acceptors (Lipinski definition) is 11. The molecular formula is C30H23N5Na2O5S. The molecule has 0 amide bonds. The Bertz CT molecular complexity index is 1640. The Kier molecular flexibility index (Phi) is 13.0. The molecule has 0 radical (unpaired) electrons. The first-order chi connectivity index (χ1) is 19.9. The van der Waals surface area contributed by atoms with Gasteiger partial charge in [0.25, 0.3) is 0 Å². The topological polar surface area (TPSA) is 144 Å². The van der Waals surface area contributed by atoms with Gasteiger partial charge in [0, 0.05) is 49.4 Å². The number of carbonyl (C=O) groups is 2. The summed E-state index contributed by atoms with van der Waals surface area (Å²) < 4.78 is 5.24. The van der Waals surface area contributed by atoms with Crippen LogP contribution in [0.15, 0.2) is 85.3 Å². The number of ether oxygens (including phenoxy) is 1. The maximum atomic E-state index is 11.4. The summed E-state index contributed by atoms with van der Waals surface area (Å²) >= 11 is 1.52. The predicted molar refractivity (Wildman–Crippen MR) is 147 cm³/mol.